The molecule has 0 aliphatic rings. The van der Waals surface area contributed by atoms with Gasteiger partial charge in [-0.25, -0.2) is 0 Å². The molecule has 1 unspecified atom stereocenters. The topological polar surface area (TPSA) is 9.23 Å². The Morgan fingerprint density at radius 3 is 2.33 bits per heavy atom. The second-order valence-electron chi connectivity index (χ2n) is 2.59. The normalized spacial score (nSPS) is 14.3. The van der Waals surface area contributed by atoms with E-state index in [9.17, 15) is 0 Å². The van der Waals surface area contributed by atoms with E-state index in [0.717, 1.165) is 13.0 Å². The minimum Gasteiger partial charge on any atom is -0.385 e. The molecule has 56 valence electrons. The number of ether oxygens (including phenoxy) is 1. The van der Waals surface area contributed by atoms with Crippen molar-refractivity contribution in [1.29, 1.82) is 0 Å². The van der Waals surface area contributed by atoms with Crippen molar-refractivity contribution in [3.63, 3.8) is 0 Å². The van der Waals surface area contributed by atoms with Gasteiger partial charge >= 0.3 is 0 Å². The lowest BCUT2D eigenvalue weighted by Gasteiger charge is -2.12. The minimum atomic E-state index is 0.491. The maximum Gasteiger partial charge on any atom is 0.0472 e. The molecule has 0 saturated heterocycles. The van der Waals surface area contributed by atoms with Crippen molar-refractivity contribution in [3.05, 3.63) is 0 Å². The van der Waals surface area contributed by atoms with E-state index in [1.807, 2.05) is 0 Å². The summed E-state index contributed by atoms with van der Waals surface area (Å²) in [7, 11) is 1.72. The molecule has 0 rings (SSSR count). The number of hydrogen-bond acceptors (Lipinski definition) is 2. The second-order valence-corrected chi connectivity index (χ2v) is 3.26. The van der Waals surface area contributed by atoms with Crippen molar-refractivity contribution >= 4 is 12.6 Å². The van der Waals surface area contributed by atoms with Crippen LogP contribution >= 0.6 is 12.6 Å². The first-order chi connectivity index (χ1) is 4.18. The van der Waals surface area contributed by atoms with Crippen LogP contribution in [0.5, 0.6) is 0 Å². The molecule has 0 fully saturated rings. The average molecular weight is 148 g/mol. The third-order valence-electron chi connectivity index (χ3n) is 1.39. The van der Waals surface area contributed by atoms with Gasteiger partial charge in [0.25, 0.3) is 0 Å². The molecule has 0 radical (unpaired) electrons. The highest BCUT2D eigenvalue weighted by Crippen LogP contribution is 2.11. The zero-order valence-corrected chi connectivity index (χ0v) is 7.32. The van der Waals surface area contributed by atoms with Crippen LogP contribution in [0.15, 0.2) is 0 Å². The number of thiol groups is 1. The molecule has 0 amide bonds. The first kappa shape index (κ1) is 9.31. The summed E-state index contributed by atoms with van der Waals surface area (Å²) in [6, 6.07) is 0. The van der Waals surface area contributed by atoms with E-state index >= 15 is 0 Å². The van der Waals surface area contributed by atoms with Gasteiger partial charge in [0.05, 0.1) is 0 Å². The fourth-order valence-electron chi connectivity index (χ4n) is 0.572. The molecular weight excluding hydrogens is 132 g/mol. The van der Waals surface area contributed by atoms with Crippen LogP contribution in [-0.2, 0) is 4.74 Å². The summed E-state index contributed by atoms with van der Waals surface area (Å²) in [5.41, 5.74) is 0. The molecule has 0 aromatic carbocycles. The summed E-state index contributed by atoms with van der Waals surface area (Å²) in [5, 5.41) is 0.491. The minimum absolute atomic E-state index is 0.491. The molecule has 1 nitrogen and oxygen atoms in total. The van der Waals surface area contributed by atoms with Crippen LogP contribution in [0.2, 0.25) is 0 Å². The molecule has 0 aliphatic carbocycles. The lowest BCUT2D eigenvalue weighted by Crippen LogP contribution is -2.10. The summed E-state index contributed by atoms with van der Waals surface area (Å²) in [4.78, 5) is 0. The van der Waals surface area contributed by atoms with Crippen LogP contribution in [0.4, 0.5) is 0 Å². The number of rotatable bonds is 4. The summed E-state index contributed by atoms with van der Waals surface area (Å²) in [6.45, 7) is 5.17. The summed E-state index contributed by atoms with van der Waals surface area (Å²) in [6.07, 6.45) is 1.05. The Kier molecular flexibility index (Phi) is 5.30. The van der Waals surface area contributed by atoms with Crippen LogP contribution in [0, 0.1) is 5.92 Å². The molecule has 9 heavy (non-hydrogen) atoms. The molecule has 0 bridgehead atoms. The first-order valence-electron chi connectivity index (χ1n) is 3.35. The van der Waals surface area contributed by atoms with Gasteiger partial charge in [-0.1, -0.05) is 13.8 Å². The molecule has 0 aliphatic heterocycles. The lowest BCUT2D eigenvalue weighted by atomic mass is 10.1. The van der Waals surface area contributed by atoms with Gasteiger partial charge in [-0.05, 0) is 12.3 Å². The zero-order chi connectivity index (χ0) is 7.28. The van der Waals surface area contributed by atoms with Crippen molar-refractivity contribution in [3.8, 4) is 0 Å². The Bertz CT molecular complexity index is 63.9. The Labute approximate surface area is 63.2 Å². The molecule has 2 heteroatoms. The molecule has 0 aromatic heterocycles. The van der Waals surface area contributed by atoms with E-state index < -0.39 is 0 Å². The van der Waals surface area contributed by atoms with E-state index in [1.165, 1.54) is 0 Å². The highest BCUT2D eigenvalue weighted by molar-refractivity contribution is 7.81. The van der Waals surface area contributed by atoms with Crippen LogP contribution in [-0.4, -0.2) is 19.0 Å². The maximum atomic E-state index is 4.91. The zero-order valence-electron chi connectivity index (χ0n) is 6.42. The molecule has 0 saturated carbocycles. The van der Waals surface area contributed by atoms with Crippen LogP contribution in [0.25, 0.3) is 0 Å². The van der Waals surface area contributed by atoms with Gasteiger partial charge in [0.1, 0.15) is 0 Å². The van der Waals surface area contributed by atoms with Crippen molar-refractivity contribution in [1.82, 2.24) is 0 Å². The van der Waals surface area contributed by atoms with Gasteiger partial charge in [0.2, 0.25) is 0 Å². The third kappa shape index (κ3) is 4.79. The third-order valence-corrected chi connectivity index (χ3v) is 2.24. The highest BCUT2D eigenvalue weighted by atomic mass is 32.1. The van der Waals surface area contributed by atoms with Crippen LogP contribution < -0.4 is 0 Å². The van der Waals surface area contributed by atoms with Gasteiger partial charge in [0.15, 0.2) is 0 Å². The van der Waals surface area contributed by atoms with Crippen molar-refractivity contribution in [2.75, 3.05) is 13.7 Å². The van der Waals surface area contributed by atoms with E-state index in [0.29, 0.717) is 11.2 Å². The first-order valence-corrected chi connectivity index (χ1v) is 3.87. The summed E-state index contributed by atoms with van der Waals surface area (Å²) < 4.78 is 4.91. The Morgan fingerprint density at radius 2 is 2.00 bits per heavy atom. The van der Waals surface area contributed by atoms with Gasteiger partial charge < -0.3 is 4.74 Å². The second kappa shape index (κ2) is 5.12. The van der Waals surface area contributed by atoms with Gasteiger partial charge in [-0.2, -0.15) is 12.6 Å². The standard InChI is InChI=1S/C7H16OS/c1-6(2)7(9)4-5-8-3/h6-7,9H,4-5H2,1-3H3. The summed E-state index contributed by atoms with van der Waals surface area (Å²) in [5.74, 6) is 0.656. The molecule has 1 atom stereocenters. The molecule has 0 spiro atoms. The molecule has 0 N–H and O–H groups in total. The van der Waals surface area contributed by atoms with Crippen LogP contribution in [0.1, 0.15) is 20.3 Å². The quantitative estimate of drug-likeness (QED) is 0.600. The molecule has 0 heterocycles. The Morgan fingerprint density at radius 1 is 1.44 bits per heavy atom. The fraction of sp³-hybridized carbons (Fsp3) is 1.00. The summed E-state index contributed by atoms with van der Waals surface area (Å²) >= 11 is 4.38. The van der Waals surface area contributed by atoms with Crippen molar-refractivity contribution < 1.29 is 4.74 Å². The van der Waals surface area contributed by atoms with Crippen molar-refractivity contribution in [2.45, 2.75) is 25.5 Å². The van der Waals surface area contributed by atoms with E-state index in [-0.39, 0.29) is 0 Å². The van der Waals surface area contributed by atoms with Gasteiger partial charge in [0, 0.05) is 19.0 Å². The Balaban J connectivity index is 3.16. The number of methoxy groups -OCH3 is 1. The largest absolute Gasteiger partial charge is 0.385 e. The predicted molar refractivity (Wildman–Crippen MR) is 44.1 cm³/mol. The molecule has 0 aromatic rings. The fourth-order valence-corrected chi connectivity index (χ4v) is 0.677. The van der Waals surface area contributed by atoms with Gasteiger partial charge in [-0.3, -0.25) is 0 Å². The van der Waals surface area contributed by atoms with Crippen molar-refractivity contribution in [2.24, 2.45) is 5.92 Å². The lowest BCUT2D eigenvalue weighted by molar-refractivity contribution is 0.191. The maximum absolute atomic E-state index is 4.91. The van der Waals surface area contributed by atoms with E-state index in [1.54, 1.807) is 7.11 Å². The van der Waals surface area contributed by atoms with Gasteiger partial charge in [-0.15, -0.1) is 0 Å². The van der Waals surface area contributed by atoms with E-state index in [2.05, 4.69) is 26.5 Å². The number of hydrogen-bond donors (Lipinski definition) is 1. The predicted octanol–water partition coefficient (Wildman–Crippen LogP) is 1.98. The molecular formula is C7H16OS. The SMILES string of the molecule is COCCC(S)C(C)C. The highest BCUT2D eigenvalue weighted by Gasteiger charge is 2.05. The van der Waals surface area contributed by atoms with Crippen LogP contribution in [0.3, 0.4) is 0 Å². The Hall–Kier alpha value is 0.310. The monoisotopic (exact) mass is 148 g/mol. The van der Waals surface area contributed by atoms with E-state index in [4.69, 9.17) is 4.74 Å². The smallest absolute Gasteiger partial charge is 0.0472 e. The average Bonchev–Trinajstić information content (AvgIpc) is 1.82.